The SMILES string of the molecule is CN(C(=O)CN1CSCC1=O)c1ccc(OCC(=O)O)cc1. The number of hydrogen-bond donors (Lipinski definition) is 1. The van der Waals surface area contributed by atoms with Gasteiger partial charge >= 0.3 is 5.97 Å². The molecular weight excluding hydrogens is 308 g/mol. The molecule has 0 unspecified atom stereocenters. The number of aliphatic carboxylic acids is 1. The Bertz CT molecular complexity index is 575. The van der Waals surface area contributed by atoms with Crippen molar-refractivity contribution >= 4 is 35.2 Å². The van der Waals surface area contributed by atoms with E-state index < -0.39 is 12.6 Å². The summed E-state index contributed by atoms with van der Waals surface area (Å²) in [5.74, 6) is 0.120. The van der Waals surface area contributed by atoms with Crippen LogP contribution in [-0.2, 0) is 14.4 Å². The van der Waals surface area contributed by atoms with E-state index in [9.17, 15) is 14.4 Å². The fraction of sp³-hybridized carbons (Fsp3) is 0.357. The van der Waals surface area contributed by atoms with Crippen LogP contribution in [0.4, 0.5) is 5.69 Å². The van der Waals surface area contributed by atoms with Crippen molar-refractivity contribution in [1.82, 2.24) is 4.90 Å². The molecule has 8 heteroatoms. The molecule has 0 bridgehead atoms. The van der Waals surface area contributed by atoms with Crippen molar-refractivity contribution in [3.63, 3.8) is 0 Å². The van der Waals surface area contributed by atoms with E-state index in [1.54, 1.807) is 31.3 Å². The van der Waals surface area contributed by atoms with Gasteiger partial charge in [-0.3, -0.25) is 9.59 Å². The highest BCUT2D eigenvalue weighted by Crippen LogP contribution is 2.20. The number of ether oxygens (including phenoxy) is 1. The second-order valence-corrected chi connectivity index (χ2v) is 5.65. The predicted octanol–water partition coefficient (Wildman–Crippen LogP) is 0.646. The molecule has 1 fully saturated rings. The smallest absolute Gasteiger partial charge is 0.341 e. The van der Waals surface area contributed by atoms with Crippen molar-refractivity contribution in [2.45, 2.75) is 0 Å². The number of carboxylic acid groups (broad SMARTS) is 1. The third-order valence-electron chi connectivity index (χ3n) is 3.11. The van der Waals surface area contributed by atoms with E-state index in [2.05, 4.69) is 0 Å². The van der Waals surface area contributed by atoms with Gasteiger partial charge in [0.1, 0.15) is 12.3 Å². The first kappa shape index (κ1) is 16.2. The maximum absolute atomic E-state index is 12.2. The minimum absolute atomic E-state index is 0.0239. The largest absolute Gasteiger partial charge is 0.482 e. The number of nitrogens with zero attached hydrogens (tertiary/aromatic N) is 2. The van der Waals surface area contributed by atoms with Crippen molar-refractivity contribution in [1.29, 1.82) is 0 Å². The molecule has 1 saturated heterocycles. The minimum Gasteiger partial charge on any atom is -0.482 e. The molecule has 0 radical (unpaired) electrons. The maximum atomic E-state index is 12.2. The van der Waals surface area contributed by atoms with Crippen LogP contribution >= 0.6 is 11.8 Å². The van der Waals surface area contributed by atoms with Crippen molar-refractivity contribution in [3.05, 3.63) is 24.3 Å². The molecule has 2 rings (SSSR count). The van der Waals surface area contributed by atoms with Gasteiger partial charge in [-0.15, -0.1) is 11.8 Å². The summed E-state index contributed by atoms with van der Waals surface area (Å²) in [6.45, 7) is -0.359. The molecule has 0 atom stereocenters. The molecule has 118 valence electrons. The average molecular weight is 324 g/mol. The molecule has 22 heavy (non-hydrogen) atoms. The molecular formula is C14H16N2O5S. The zero-order valence-corrected chi connectivity index (χ0v) is 12.8. The first-order valence-electron chi connectivity index (χ1n) is 6.54. The number of benzene rings is 1. The fourth-order valence-corrected chi connectivity index (χ4v) is 2.77. The standard InChI is InChI=1S/C14H16N2O5S/c1-15(12(17)6-16-9-22-8-13(16)18)10-2-4-11(5-3-10)21-7-14(19)20/h2-5H,6-9H2,1H3,(H,19,20). The van der Waals surface area contributed by atoms with Crippen molar-refractivity contribution in [2.24, 2.45) is 0 Å². The van der Waals surface area contributed by atoms with Gasteiger partial charge in [-0.25, -0.2) is 4.79 Å². The van der Waals surface area contributed by atoms with Crippen LogP contribution in [0, 0.1) is 0 Å². The summed E-state index contributed by atoms with van der Waals surface area (Å²) >= 11 is 1.49. The third kappa shape index (κ3) is 4.14. The number of rotatable bonds is 6. The van der Waals surface area contributed by atoms with Gasteiger partial charge in [-0.2, -0.15) is 0 Å². The van der Waals surface area contributed by atoms with Gasteiger partial charge in [0.2, 0.25) is 11.8 Å². The molecule has 1 N–H and O–H groups in total. The van der Waals surface area contributed by atoms with E-state index >= 15 is 0 Å². The van der Waals surface area contributed by atoms with Gasteiger partial charge < -0.3 is 19.6 Å². The lowest BCUT2D eigenvalue weighted by molar-refractivity contribution is -0.139. The van der Waals surface area contributed by atoms with Gasteiger partial charge in [0.25, 0.3) is 0 Å². The zero-order chi connectivity index (χ0) is 16.1. The van der Waals surface area contributed by atoms with E-state index in [0.717, 1.165) is 0 Å². The summed E-state index contributed by atoms with van der Waals surface area (Å²) in [5, 5.41) is 8.54. The van der Waals surface area contributed by atoms with Gasteiger partial charge in [-0.05, 0) is 24.3 Å². The number of hydrogen-bond acceptors (Lipinski definition) is 5. The molecule has 0 aliphatic carbocycles. The molecule has 1 aromatic carbocycles. The molecule has 1 aliphatic heterocycles. The summed E-state index contributed by atoms with van der Waals surface area (Å²) in [6, 6.07) is 6.52. The Hall–Kier alpha value is -2.22. The van der Waals surface area contributed by atoms with Crippen molar-refractivity contribution < 1.29 is 24.2 Å². The van der Waals surface area contributed by atoms with E-state index in [0.29, 0.717) is 23.1 Å². The van der Waals surface area contributed by atoms with Crippen molar-refractivity contribution in [2.75, 3.05) is 36.7 Å². The summed E-state index contributed by atoms with van der Waals surface area (Å²) in [7, 11) is 1.63. The van der Waals surface area contributed by atoms with Gasteiger partial charge in [0.05, 0.1) is 11.6 Å². The molecule has 0 aromatic heterocycles. The zero-order valence-electron chi connectivity index (χ0n) is 12.0. The lowest BCUT2D eigenvalue weighted by Gasteiger charge is -2.21. The summed E-state index contributed by atoms with van der Waals surface area (Å²) in [6.07, 6.45) is 0. The van der Waals surface area contributed by atoms with E-state index in [4.69, 9.17) is 9.84 Å². The highest BCUT2D eigenvalue weighted by Gasteiger charge is 2.24. The highest BCUT2D eigenvalue weighted by molar-refractivity contribution is 8.00. The Morgan fingerprint density at radius 3 is 2.59 bits per heavy atom. The molecule has 1 aliphatic rings. The highest BCUT2D eigenvalue weighted by atomic mass is 32.2. The molecule has 1 heterocycles. The summed E-state index contributed by atoms with van der Waals surface area (Å²) < 4.78 is 5.03. The van der Waals surface area contributed by atoms with E-state index in [1.807, 2.05) is 0 Å². The third-order valence-corrected chi connectivity index (χ3v) is 4.06. The number of carboxylic acids is 1. The number of amides is 2. The quantitative estimate of drug-likeness (QED) is 0.826. The average Bonchev–Trinajstić information content (AvgIpc) is 2.90. The Balaban J connectivity index is 1.93. The normalized spacial score (nSPS) is 14.0. The molecule has 0 spiro atoms. The van der Waals surface area contributed by atoms with E-state index in [-0.39, 0.29) is 18.4 Å². The Kier molecular flexibility index (Phi) is 5.26. The van der Waals surface area contributed by atoms with Gasteiger partial charge in [-0.1, -0.05) is 0 Å². The predicted molar refractivity (Wildman–Crippen MR) is 82.0 cm³/mol. The second-order valence-electron chi connectivity index (χ2n) is 4.70. The van der Waals surface area contributed by atoms with E-state index in [1.165, 1.54) is 21.6 Å². The fourth-order valence-electron chi connectivity index (χ4n) is 1.86. The van der Waals surface area contributed by atoms with Crippen LogP contribution in [0.1, 0.15) is 0 Å². The number of likely N-dealkylation sites (N-methyl/N-ethyl adjacent to an activating group) is 1. The van der Waals surface area contributed by atoms with Gasteiger partial charge in [0.15, 0.2) is 6.61 Å². The molecule has 7 nitrogen and oxygen atoms in total. The lowest BCUT2D eigenvalue weighted by Crippen LogP contribution is -2.39. The summed E-state index contributed by atoms with van der Waals surface area (Å²) in [4.78, 5) is 37.1. The monoisotopic (exact) mass is 324 g/mol. The van der Waals surface area contributed by atoms with Crippen LogP contribution in [0.5, 0.6) is 5.75 Å². The van der Waals surface area contributed by atoms with Crippen molar-refractivity contribution in [3.8, 4) is 5.75 Å². The minimum atomic E-state index is -1.05. The van der Waals surface area contributed by atoms with Crippen LogP contribution in [0.15, 0.2) is 24.3 Å². The Labute approximate surface area is 131 Å². The van der Waals surface area contributed by atoms with Gasteiger partial charge in [0, 0.05) is 12.7 Å². The summed E-state index contributed by atoms with van der Waals surface area (Å²) in [5.41, 5.74) is 0.645. The number of carbonyl (C=O) groups is 3. The van der Waals surface area contributed by atoms with Crippen LogP contribution in [-0.4, -0.2) is 59.6 Å². The first-order valence-corrected chi connectivity index (χ1v) is 7.69. The van der Waals surface area contributed by atoms with Crippen LogP contribution < -0.4 is 9.64 Å². The van der Waals surface area contributed by atoms with Crippen LogP contribution in [0.2, 0.25) is 0 Å². The molecule has 2 amide bonds. The molecule has 0 saturated carbocycles. The molecule has 1 aromatic rings. The number of carbonyl (C=O) groups excluding carboxylic acids is 2. The maximum Gasteiger partial charge on any atom is 0.341 e. The Morgan fingerprint density at radius 1 is 1.36 bits per heavy atom. The first-order chi connectivity index (χ1) is 10.5. The lowest BCUT2D eigenvalue weighted by atomic mass is 10.2. The second kappa shape index (κ2) is 7.17. The van der Waals surface area contributed by atoms with Crippen LogP contribution in [0.3, 0.4) is 0 Å². The number of anilines is 1. The topological polar surface area (TPSA) is 87.2 Å². The van der Waals surface area contributed by atoms with Crippen LogP contribution in [0.25, 0.3) is 0 Å². The number of thioether (sulfide) groups is 1. The Morgan fingerprint density at radius 2 is 2.05 bits per heavy atom.